The van der Waals surface area contributed by atoms with Crippen molar-refractivity contribution < 1.29 is 4.42 Å². The predicted octanol–water partition coefficient (Wildman–Crippen LogP) is 4.22. The topological polar surface area (TPSA) is 51.0 Å². The first kappa shape index (κ1) is 13.4. The molecular weight excluding hydrogens is 262 g/mol. The molecule has 21 heavy (non-hydrogen) atoms. The fourth-order valence-electron chi connectivity index (χ4n) is 2.28. The lowest BCUT2D eigenvalue weighted by atomic mass is 10.1. The molecule has 106 valence electrons. The Labute approximate surface area is 123 Å². The maximum Gasteiger partial charge on any atom is 0.247 e. The quantitative estimate of drug-likeness (QED) is 0.777. The number of anilines is 1. The summed E-state index contributed by atoms with van der Waals surface area (Å²) < 4.78 is 5.18. The molecule has 0 aliphatic heterocycles. The van der Waals surface area contributed by atoms with Gasteiger partial charge in [-0.1, -0.05) is 29.8 Å². The van der Waals surface area contributed by atoms with Crippen LogP contribution in [0.5, 0.6) is 0 Å². The van der Waals surface area contributed by atoms with Gasteiger partial charge in [-0.3, -0.25) is 0 Å². The number of nitrogens with zero attached hydrogens (tertiary/aromatic N) is 2. The van der Waals surface area contributed by atoms with Gasteiger partial charge in [0.2, 0.25) is 12.3 Å². The summed E-state index contributed by atoms with van der Waals surface area (Å²) in [5, 5.41) is 11.1. The second kappa shape index (κ2) is 5.79. The van der Waals surface area contributed by atoms with Crippen LogP contribution in [0.25, 0.3) is 11.5 Å². The summed E-state index contributed by atoms with van der Waals surface area (Å²) in [6.45, 7) is 4.26. The van der Waals surface area contributed by atoms with E-state index < -0.39 is 0 Å². The summed E-state index contributed by atoms with van der Waals surface area (Å²) in [6.07, 6.45) is 1.33. The van der Waals surface area contributed by atoms with E-state index in [0.29, 0.717) is 5.89 Å². The van der Waals surface area contributed by atoms with E-state index in [1.807, 2.05) is 24.3 Å². The molecule has 1 atom stereocenters. The Morgan fingerprint density at radius 2 is 1.90 bits per heavy atom. The number of aryl methyl sites for hydroxylation is 1. The van der Waals surface area contributed by atoms with Gasteiger partial charge in [-0.15, -0.1) is 10.2 Å². The highest BCUT2D eigenvalue weighted by molar-refractivity contribution is 5.58. The number of rotatable bonds is 4. The van der Waals surface area contributed by atoms with Crippen molar-refractivity contribution in [3.05, 3.63) is 66.1 Å². The molecule has 3 rings (SSSR count). The summed E-state index contributed by atoms with van der Waals surface area (Å²) >= 11 is 0. The van der Waals surface area contributed by atoms with Crippen molar-refractivity contribution in [1.29, 1.82) is 0 Å². The van der Waals surface area contributed by atoms with Gasteiger partial charge in [0.05, 0.1) is 0 Å². The maximum absolute atomic E-state index is 5.18. The minimum absolute atomic E-state index is 0.249. The lowest BCUT2D eigenvalue weighted by Crippen LogP contribution is -2.06. The van der Waals surface area contributed by atoms with Crippen LogP contribution in [0.1, 0.15) is 24.1 Å². The summed E-state index contributed by atoms with van der Waals surface area (Å²) in [7, 11) is 0. The number of benzene rings is 2. The van der Waals surface area contributed by atoms with Gasteiger partial charge < -0.3 is 9.73 Å². The minimum atomic E-state index is 0.249. The summed E-state index contributed by atoms with van der Waals surface area (Å²) in [4.78, 5) is 0. The van der Waals surface area contributed by atoms with Crippen molar-refractivity contribution in [3.8, 4) is 11.5 Å². The molecule has 1 unspecified atom stereocenters. The van der Waals surface area contributed by atoms with Crippen molar-refractivity contribution in [2.45, 2.75) is 19.9 Å². The average molecular weight is 279 g/mol. The molecule has 4 nitrogen and oxygen atoms in total. The van der Waals surface area contributed by atoms with Crippen LogP contribution in [0.3, 0.4) is 0 Å². The molecule has 0 aliphatic rings. The van der Waals surface area contributed by atoms with Crippen LogP contribution in [0.4, 0.5) is 5.69 Å². The van der Waals surface area contributed by atoms with Crippen LogP contribution < -0.4 is 5.32 Å². The molecule has 3 aromatic rings. The van der Waals surface area contributed by atoms with E-state index in [9.17, 15) is 0 Å². The predicted molar refractivity (Wildman–Crippen MR) is 83.0 cm³/mol. The summed E-state index contributed by atoms with van der Waals surface area (Å²) in [5.41, 5.74) is 4.53. The van der Waals surface area contributed by atoms with E-state index in [1.165, 1.54) is 17.5 Å². The van der Waals surface area contributed by atoms with Crippen LogP contribution in [-0.4, -0.2) is 10.2 Å². The molecule has 0 radical (unpaired) electrons. The molecule has 0 spiro atoms. The highest BCUT2D eigenvalue weighted by Gasteiger charge is 2.07. The first-order chi connectivity index (χ1) is 10.2. The van der Waals surface area contributed by atoms with Crippen molar-refractivity contribution >= 4 is 5.69 Å². The Balaban J connectivity index is 1.73. The van der Waals surface area contributed by atoms with Gasteiger partial charge in [0, 0.05) is 17.3 Å². The highest BCUT2D eigenvalue weighted by Crippen LogP contribution is 2.23. The zero-order valence-electron chi connectivity index (χ0n) is 12.1. The van der Waals surface area contributed by atoms with Gasteiger partial charge in [0.15, 0.2) is 0 Å². The molecule has 0 amide bonds. The molecule has 1 N–H and O–H groups in total. The van der Waals surface area contributed by atoms with Crippen LogP contribution in [0.2, 0.25) is 0 Å². The second-order valence-electron chi connectivity index (χ2n) is 5.10. The van der Waals surface area contributed by atoms with Gasteiger partial charge in [-0.25, -0.2) is 0 Å². The SMILES string of the molecule is Cc1cccc(C(C)Nc2ccc(-c3nnco3)cc2)c1. The monoisotopic (exact) mass is 279 g/mol. The smallest absolute Gasteiger partial charge is 0.247 e. The fourth-order valence-corrected chi connectivity index (χ4v) is 2.28. The van der Waals surface area contributed by atoms with Crippen LogP contribution in [-0.2, 0) is 0 Å². The van der Waals surface area contributed by atoms with Gasteiger partial charge in [0.1, 0.15) is 0 Å². The third-order valence-electron chi connectivity index (χ3n) is 3.42. The van der Waals surface area contributed by atoms with E-state index in [2.05, 4.69) is 53.6 Å². The Morgan fingerprint density at radius 1 is 1.10 bits per heavy atom. The van der Waals surface area contributed by atoms with E-state index in [-0.39, 0.29) is 6.04 Å². The van der Waals surface area contributed by atoms with E-state index in [4.69, 9.17) is 4.42 Å². The average Bonchev–Trinajstić information content (AvgIpc) is 3.02. The van der Waals surface area contributed by atoms with Gasteiger partial charge in [0.25, 0.3) is 0 Å². The fraction of sp³-hybridized carbons (Fsp3) is 0.176. The zero-order chi connectivity index (χ0) is 14.7. The number of nitrogens with one attached hydrogen (secondary N) is 1. The largest absolute Gasteiger partial charge is 0.423 e. The molecule has 1 heterocycles. The molecule has 2 aromatic carbocycles. The van der Waals surface area contributed by atoms with Crippen LogP contribution in [0.15, 0.2) is 59.3 Å². The molecule has 0 bridgehead atoms. The third-order valence-corrected chi connectivity index (χ3v) is 3.42. The molecule has 0 saturated heterocycles. The van der Waals surface area contributed by atoms with E-state index in [0.717, 1.165) is 11.3 Å². The van der Waals surface area contributed by atoms with Crippen molar-refractivity contribution in [2.75, 3.05) is 5.32 Å². The molecule has 0 fully saturated rings. The van der Waals surface area contributed by atoms with Crippen molar-refractivity contribution in [3.63, 3.8) is 0 Å². The lowest BCUT2D eigenvalue weighted by molar-refractivity contribution is 0.568. The first-order valence-corrected chi connectivity index (χ1v) is 6.92. The van der Waals surface area contributed by atoms with Crippen LogP contribution in [0, 0.1) is 6.92 Å². The van der Waals surface area contributed by atoms with Crippen molar-refractivity contribution in [1.82, 2.24) is 10.2 Å². The van der Waals surface area contributed by atoms with Crippen molar-refractivity contribution in [2.24, 2.45) is 0 Å². The minimum Gasteiger partial charge on any atom is -0.423 e. The normalized spacial score (nSPS) is 12.1. The number of hydrogen-bond acceptors (Lipinski definition) is 4. The lowest BCUT2D eigenvalue weighted by Gasteiger charge is -2.16. The molecular formula is C17H17N3O. The Hall–Kier alpha value is -2.62. The summed E-state index contributed by atoms with van der Waals surface area (Å²) in [6, 6.07) is 16.8. The zero-order valence-corrected chi connectivity index (χ0v) is 12.1. The number of aromatic nitrogens is 2. The molecule has 0 saturated carbocycles. The van der Waals surface area contributed by atoms with Gasteiger partial charge in [-0.2, -0.15) is 0 Å². The van der Waals surface area contributed by atoms with Crippen LogP contribution >= 0.6 is 0 Å². The van der Waals surface area contributed by atoms with E-state index in [1.54, 1.807) is 0 Å². The molecule has 4 heteroatoms. The van der Waals surface area contributed by atoms with Gasteiger partial charge in [-0.05, 0) is 43.7 Å². The second-order valence-corrected chi connectivity index (χ2v) is 5.10. The third kappa shape index (κ3) is 3.11. The Bertz CT molecular complexity index is 705. The van der Waals surface area contributed by atoms with Gasteiger partial charge >= 0.3 is 0 Å². The maximum atomic E-state index is 5.18. The highest BCUT2D eigenvalue weighted by atomic mass is 16.4. The standard InChI is InChI=1S/C17H17N3O/c1-12-4-3-5-15(10-12)13(2)19-16-8-6-14(7-9-16)17-20-18-11-21-17/h3-11,13,19H,1-2H3. The molecule has 0 aliphatic carbocycles. The summed E-state index contributed by atoms with van der Waals surface area (Å²) in [5.74, 6) is 0.535. The first-order valence-electron chi connectivity index (χ1n) is 6.92. The van der Waals surface area contributed by atoms with E-state index >= 15 is 0 Å². The molecule has 1 aromatic heterocycles. The Morgan fingerprint density at radius 3 is 2.57 bits per heavy atom. The number of hydrogen-bond donors (Lipinski definition) is 1. The Kier molecular flexibility index (Phi) is 3.69.